The molecule has 0 spiro atoms. The average Bonchev–Trinajstić information content (AvgIpc) is 3.18. The predicted molar refractivity (Wildman–Crippen MR) is 66.5 cm³/mol. The van der Waals surface area contributed by atoms with E-state index in [1.807, 2.05) is 0 Å². The number of aromatic carboxylic acids is 1. The van der Waals surface area contributed by atoms with Gasteiger partial charge in [0.2, 0.25) is 0 Å². The van der Waals surface area contributed by atoms with E-state index in [1.165, 1.54) is 12.1 Å². The highest BCUT2D eigenvalue weighted by molar-refractivity contribution is 5.97. The number of rotatable bonds is 4. The molecule has 0 saturated heterocycles. The van der Waals surface area contributed by atoms with Crippen LogP contribution in [0.15, 0.2) is 24.3 Å². The lowest BCUT2D eigenvalue weighted by Gasteiger charge is -2.27. The fourth-order valence-electron chi connectivity index (χ4n) is 2.02. The number of carbonyl (C=O) groups excluding carboxylic acids is 1. The van der Waals surface area contributed by atoms with Crippen LogP contribution in [0.2, 0.25) is 0 Å². The topological polar surface area (TPSA) is 83.6 Å². The molecular formula is C13H16N2O3. The molecule has 1 aliphatic rings. The van der Waals surface area contributed by atoms with Gasteiger partial charge >= 0.3 is 5.97 Å². The smallest absolute Gasteiger partial charge is 0.335 e. The van der Waals surface area contributed by atoms with Gasteiger partial charge in [-0.1, -0.05) is 6.07 Å². The molecule has 5 heteroatoms. The first-order valence-electron chi connectivity index (χ1n) is 5.82. The first-order chi connectivity index (χ1) is 8.50. The molecule has 0 aliphatic heterocycles. The largest absolute Gasteiger partial charge is 0.478 e. The summed E-state index contributed by atoms with van der Waals surface area (Å²) >= 11 is 0. The van der Waals surface area contributed by atoms with Gasteiger partial charge in [-0.15, -0.1) is 0 Å². The predicted octanol–water partition coefficient (Wildman–Crippen LogP) is 0.948. The third-order valence-corrected chi connectivity index (χ3v) is 3.58. The van der Waals surface area contributed by atoms with Gasteiger partial charge in [-0.3, -0.25) is 4.79 Å². The average molecular weight is 248 g/mol. The van der Waals surface area contributed by atoms with Crippen LogP contribution in [-0.2, 0) is 0 Å². The number of benzene rings is 1. The van der Waals surface area contributed by atoms with Gasteiger partial charge in [0, 0.05) is 19.2 Å². The summed E-state index contributed by atoms with van der Waals surface area (Å²) < 4.78 is 0. The summed E-state index contributed by atoms with van der Waals surface area (Å²) in [6.45, 7) is 0.438. The lowest BCUT2D eigenvalue weighted by atomic mass is 10.1. The summed E-state index contributed by atoms with van der Waals surface area (Å²) in [5.41, 5.74) is 5.95. The molecule has 1 aromatic carbocycles. The van der Waals surface area contributed by atoms with E-state index in [9.17, 15) is 9.59 Å². The van der Waals surface area contributed by atoms with Gasteiger partial charge in [-0.25, -0.2) is 4.79 Å². The van der Waals surface area contributed by atoms with E-state index in [1.54, 1.807) is 24.1 Å². The summed E-state index contributed by atoms with van der Waals surface area (Å²) in [6, 6.07) is 6.06. The number of hydrogen-bond acceptors (Lipinski definition) is 3. The summed E-state index contributed by atoms with van der Waals surface area (Å²) in [7, 11) is 1.72. The number of nitrogens with zero attached hydrogens (tertiary/aromatic N) is 1. The van der Waals surface area contributed by atoms with Crippen LogP contribution in [0.5, 0.6) is 0 Å². The minimum Gasteiger partial charge on any atom is -0.478 e. The summed E-state index contributed by atoms with van der Waals surface area (Å²) in [5, 5.41) is 8.90. The second-order valence-electron chi connectivity index (χ2n) is 4.68. The van der Waals surface area contributed by atoms with Crippen LogP contribution in [0.4, 0.5) is 0 Å². The summed E-state index contributed by atoms with van der Waals surface area (Å²) in [6.07, 6.45) is 1.81. The van der Waals surface area contributed by atoms with Gasteiger partial charge in [0.25, 0.3) is 5.91 Å². The van der Waals surface area contributed by atoms with Crippen molar-refractivity contribution < 1.29 is 14.7 Å². The normalized spacial score (nSPS) is 16.1. The number of nitrogens with two attached hydrogens (primary N) is 1. The van der Waals surface area contributed by atoms with Gasteiger partial charge in [-0.05, 0) is 31.0 Å². The second kappa shape index (κ2) is 4.42. The standard InChI is InChI=1S/C13H16N2O3/c1-15(13(8-14)5-6-13)11(16)9-3-2-4-10(7-9)12(17)18/h2-4,7H,5-6,8,14H2,1H3,(H,17,18). The molecule has 0 aromatic heterocycles. The molecule has 0 radical (unpaired) electrons. The Hall–Kier alpha value is -1.88. The Bertz CT molecular complexity index is 495. The molecule has 1 saturated carbocycles. The number of likely N-dealkylation sites (N-methyl/N-ethyl adjacent to an activating group) is 1. The van der Waals surface area contributed by atoms with Crippen molar-refractivity contribution >= 4 is 11.9 Å². The fraction of sp³-hybridized carbons (Fsp3) is 0.385. The van der Waals surface area contributed by atoms with Crippen LogP contribution < -0.4 is 5.73 Å². The molecule has 2 rings (SSSR count). The Kier molecular flexibility index (Phi) is 3.09. The minimum absolute atomic E-state index is 0.117. The van der Waals surface area contributed by atoms with Crippen molar-refractivity contribution in [3.05, 3.63) is 35.4 Å². The van der Waals surface area contributed by atoms with Crippen LogP contribution in [0.1, 0.15) is 33.6 Å². The molecule has 0 atom stereocenters. The van der Waals surface area contributed by atoms with Crippen LogP contribution in [-0.4, -0.2) is 41.0 Å². The number of carbonyl (C=O) groups is 2. The van der Waals surface area contributed by atoms with E-state index >= 15 is 0 Å². The lowest BCUT2D eigenvalue weighted by molar-refractivity contribution is 0.0697. The Morgan fingerprint density at radius 2 is 2.00 bits per heavy atom. The molecule has 3 N–H and O–H groups in total. The SMILES string of the molecule is CN(C(=O)c1cccc(C(=O)O)c1)C1(CN)CC1. The number of hydrogen-bond donors (Lipinski definition) is 2. The fourth-order valence-corrected chi connectivity index (χ4v) is 2.02. The quantitative estimate of drug-likeness (QED) is 0.830. The van der Waals surface area contributed by atoms with Gasteiger partial charge in [-0.2, -0.15) is 0 Å². The van der Waals surface area contributed by atoms with Gasteiger partial charge in [0.05, 0.1) is 11.1 Å². The molecule has 96 valence electrons. The van der Waals surface area contributed by atoms with Crippen LogP contribution in [0.25, 0.3) is 0 Å². The van der Waals surface area contributed by atoms with E-state index in [4.69, 9.17) is 10.8 Å². The number of amides is 1. The molecule has 1 aromatic rings. The Balaban J connectivity index is 2.23. The number of carboxylic acid groups (broad SMARTS) is 1. The number of carboxylic acids is 1. The zero-order valence-corrected chi connectivity index (χ0v) is 10.2. The Labute approximate surface area is 105 Å². The third kappa shape index (κ3) is 2.09. The van der Waals surface area contributed by atoms with Gasteiger partial charge in [0.1, 0.15) is 0 Å². The molecule has 1 aliphatic carbocycles. The lowest BCUT2D eigenvalue weighted by Crippen LogP contribution is -2.44. The van der Waals surface area contributed by atoms with E-state index in [0.29, 0.717) is 12.1 Å². The minimum atomic E-state index is -1.03. The maximum Gasteiger partial charge on any atom is 0.335 e. The highest BCUT2D eigenvalue weighted by Crippen LogP contribution is 2.40. The van der Waals surface area contributed by atoms with Crippen molar-refractivity contribution in [1.82, 2.24) is 4.90 Å². The van der Waals surface area contributed by atoms with Crippen molar-refractivity contribution in [3.63, 3.8) is 0 Å². The molecule has 0 bridgehead atoms. The van der Waals surface area contributed by atoms with E-state index < -0.39 is 5.97 Å². The first kappa shape index (κ1) is 12.6. The van der Waals surface area contributed by atoms with E-state index in [-0.39, 0.29) is 17.0 Å². The van der Waals surface area contributed by atoms with Crippen molar-refractivity contribution in [2.45, 2.75) is 18.4 Å². The highest BCUT2D eigenvalue weighted by atomic mass is 16.4. The summed E-state index contributed by atoms with van der Waals surface area (Å²) in [4.78, 5) is 24.7. The molecular weight excluding hydrogens is 232 g/mol. The molecule has 0 unspecified atom stereocenters. The highest BCUT2D eigenvalue weighted by Gasteiger charge is 2.47. The maximum atomic E-state index is 12.2. The molecule has 18 heavy (non-hydrogen) atoms. The van der Waals surface area contributed by atoms with Gasteiger partial charge in [0.15, 0.2) is 0 Å². The molecule has 1 amide bonds. The maximum absolute atomic E-state index is 12.2. The second-order valence-corrected chi connectivity index (χ2v) is 4.68. The van der Waals surface area contributed by atoms with Gasteiger partial charge < -0.3 is 15.7 Å². The van der Waals surface area contributed by atoms with Crippen LogP contribution in [0, 0.1) is 0 Å². The summed E-state index contributed by atoms with van der Waals surface area (Å²) in [5.74, 6) is -1.21. The van der Waals surface area contributed by atoms with E-state index in [0.717, 1.165) is 12.8 Å². The van der Waals surface area contributed by atoms with Crippen LogP contribution in [0.3, 0.4) is 0 Å². The zero-order valence-electron chi connectivity index (χ0n) is 10.2. The van der Waals surface area contributed by atoms with Crippen LogP contribution >= 0.6 is 0 Å². The van der Waals surface area contributed by atoms with Crippen molar-refractivity contribution in [2.24, 2.45) is 5.73 Å². The Morgan fingerprint density at radius 1 is 1.39 bits per heavy atom. The molecule has 5 nitrogen and oxygen atoms in total. The third-order valence-electron chi connectivity index (χ3n) is 3.58. The first-order valence-corrected chi connectivity index (χ1v) is 5.82. The van der Waals surface area contributed by atoms with Crippen molar-refractivity contribution in [3.8, 4) is 0 Å². The molecule has 0 heterocycles. The molecule has 1 fully saturated rings. The van der Waals surface area contributed by atoms with Crippen molar-refractivity contribution in [1.29, 1.82) is 0 Å². The van der Waals surface area contributed by atoms with E-state index in [2.05, 4.69) is 0 Å². The Morgan fingerprint density at radius 3 is 2.50 bits per heavy atom. The van der Waals surface area contributed by atoms with Crippen molar-refractivity contribution in [2.75, 3.05) is 13.6 Å². The monoisotopic (exact) mass is 248 g/mol. The zero-order chi connectivity index (χ0) is 13.3.